The van der Waals surface area contributed by atoms with Crippen LogP contribution in [0.3, 0.4) is 0 Å². The van der Waals surface area contributed by atoms with Crippen molar-refractivity contribution in [2.75, 3.05) is 7.11 Å². The molecule has 0 amide bonds. The van der Waals surface area contributed by atoms with E-state index in [-0.39, 0.29) is 6.10 Å². The van der Waals surface area contributed by atoms with Crippen molar-refractivity contribution < 1.29 is 9.84 Å². The second kappa shape index (κ2) is 5.91. The van der Waals surface area contributed by atoms with Gasteiger partial charge in [0.1, 0.15) is 0 Å². The standard InChI is InChI=1S/C14H18BrClO2/c1-18-13-4-2-3-7-14(13,17)9-10-5-6-11(15)8-12(10)16/h5-6,8,13,17H,2-4,7,9H2,1H3. The molecule has 18 heavy (non-hydrogen) atoms. The molecule has 2 atom stereocenters. The summed E-state index contributed by atoms with van der Waals surface area (Å²) < 4.78 is 6.39. The SMILES string of the molecule is COC1CCCCC1(O)Cc1ccc(Br)cc1Cl. The normalized spacial score (nSPS) is 28.3. The minimum atomic E-state index is -0.787. The Hall–Kier alpha value is -0.0900. The molecule has 1 N–H and O–H groups in total. The largest absolute Gasteiger partial charge is 0.387 e. The molecule has 1 aromatic rings. The summed E-state index contributed by atoms with van der Waals surface area (Å²) in [5.74, 6) is 0. The Morgan fingerprint density at radius 1 is 1.50 bits per heavy atom. The lowest BCUT2D eigenvalue weighted by atomic mass is 9.78. The van der Waals surface area contributed by atoms with Crippen LogP contribution in [0.5, 0.6) is 0 Å². The van der Waals surface area contributed by atoms with E-state index < -0.39 is 5.60 Å². The van der Waals surface area contributed by atoms with Crippen molar-refractivity contribution in [3.8, 4) is 0 Å². The molecule has 0 aromatic heterocycles. The quantitative estimate of drug-likeness (QED) is 0.907. The van der Waals surface area contributed by atoms with Gasteiger partial charge in [-0.05, 0) is 30.5 Å². The predicted octanol–water partition coefficient (Wildman–Crippen LogP) is 3.97. The first-order valence-corrected chi connectivity index (χ1v) is 7.41. The van der Waals surface area contributed by atoms with Gasteiger partial charge in [-0.2, -0.15) is 0 Å². The Kier molecular flexibility index (Phi) is 4.70. The van der Waals surface area contributed by atoms with Crippen LogP contribution in [0.25, 0.3) is 0 Å². The number of methoxy groups -OCH3 is 1. The van der Waals surface area contributed by atoms with E-state index in [0.29, 0.717) is 11.4 Å². The zero-order chi connectivity index (χ0) is 13.2. The number of hydrogen-bond acceptors (Lipinski definition) is 2. The zero-order valence-corrected chi connectivity index (χ0v) is 12.8. The highest BCUT2D eigenvalue weighted by molar-refractivity contribution is 9.10. The van der Waals surface area contributed by atoms with Crippen molar-refractivity contribution >= 4 is 27.5 Å². The summed E-state index contributed by atoms with van der Waals surface area (Å²) in [6, 6.07) is 5.78. The van der Waals surface area contributed by atoms with Crippen molar-refractivity contribution in [2.45, 2.75) is 43.8 Å². The number of rotatable bonds is 3. The summed E-state index contributed by atoms with van der Waals surface area (Å²) in [4.78, 5) is 0. The number of halogens is 2. The van der Waals surface area contributed by atoms with Gasteiger partial charge in [0.05, 0.1) is 11.7 Å². The molecule has 0 bridgehead atoms. The minimum Gasteiger partial charge on any atom is -0.387 e. The van der Waals surface area contributed by atoms with Gasteiger partial charge in [0.2, 0.25) is 0 Å². The van der Waals surface area contributed by atoms with Crippen LogP contribution in [-0.2, 0) is 11.2 Å². The highest BCUT2D eigenvalue weighted by atomic mass is 79.9. The summed E-state index contributed by atoms with van der Waals surface area (Å²) in [5, 5.41) is 11.5. The Balaban J connectivity index is 2.20. The molecule has 0 saturated heterocycles. The van der Waals surface area contributed by atoms with Crippen LogP contribution < -0.4 is 0 Å². The lowest BCUT2D eigenvalue weighted by Gasteiger charge is -2.39. The van der Waals surface area contributed by atoms with Gasteiger partial charge in [-0.1, -0.05) is 46.4 Å². The lowest BCUT2D eigenvalue weighted by molar-refractivity contribution is -0.116. The first-order valence-electron chi connectivity index (χ1n) is 6.24. The third-order valence-corrected chi connectivity index (χ3v) is 4.57. The van der Waals surface area contributed by atoms with Crippen LogP contribution in [0.4, 0.5) is 0 Å². The van der Waals surface area contributed by atoms with Crippen LogP contribution in [0.1, 0.15) is 31.2 Å². The summed E-state index contributed by atoms with van der Waals surface area (Å²) in [7, 11) is 1.67. The molecule has 1 aliphatic carbocycles. The summed E-state index contributed by atoms with van der Waals surface area (Å²) in [6.07, 6.45) is 4.32. The molecule has 1 fully saturated rings. The Labute approximate surface area is 121 Å². The fourth-order valence-corrected chi connectivity index (χ4v) is 3.47. The lowest BCUT2D eigenvalue weighted by Crippen LogP contribution is -2.47. The molecule has 100 valence electrons. The first-order chi connectivity index (χ1) is 8.55. The molecule has 1 aliphatic rings. The second-order valence-corrected chi connectivity index (χ2v) is 6.31. The summed E-state index contributed by atoms with van der Waals surface area (Å²) in [5.41, 5.74) is 0.191. The Morgan fingerprint density at radius 3 is 2.94 bits per heavy atom. The minimum absolute atomic E-state index is 0.0917. The molecule has 2 rings (SSSR count). The van der Waals surface area contributed by atoms with E-state index in [2.05, 4.69) is 15.9 Å². The number of ether oxygens (including phenoxy) is 1. The van der Waals surface area contributed by atoms with E-state index in [0.717, 1.165) is 35.7 Å². The Morgan fingerprint density at radius 2 is 2.28 bits per heavy atom. The van der Waals surface area contributed by atoms with E-state index in [1.165, 1.54) is 0 Å². The van der Waals surface area contributed by atoms with Crippen molar-refractivity contribution in [3.63, 3.8) is 0 Å². The topological polar surface area (TPSA) is 29.5 Å². The van der Waals surface area contributed by atoms with Crippen LogP contribution in [-0.4, -0.2) is 23.9 Å². The van der Waals surface area contributed by atoms with Crippen molar-refractivity contribution in [3.05, 3.63) is 33.3 Å². The van der Waals surface area contributed by atoms with E-state index in [1.807, 2.05) is 18.2 Å². The van der Waals surface area contributed by atoms with Gasteiger partial charge in [0.25, 0.3) is 0 Å². The Bertz CT molecular complexity index is 424. The average molecular weight is 334 g/mol. The average Bonchev–Trinajstić information content (AvgIpc) is 2.33. The molecule has 2 unspecified atom stereocenters. The zero-order valence-electron chi connectivity index (χ0n) is 10.5. The molecule has 0 radical (unpaired) electrons. The predicted molar refractivity (Wildman–Crippen MR) is 77.1 cm³/mol. The van der Waals surface area contributed by atoms with Crippen molar-refractivity contribution in [1.29, 1.82) is 0 Å². The molecule has 0 heterocycles. The van der Waals surface area contributed by atoms with Gasteiger partial charge in [-0.15, -0.1) is 0 Å². The highest BCUT2D eigenvalue weighted by Crippen LogP contribution is 2.35. The molecule has 1 saturated carbocycles. The summed E-state index contributed by atoms with van der Waals surface area (Å²) in [6.45, 7) is 0. The molecule has 0 aliphatic heterocycles. The van der Waals surface area contributed by atoms with E-state index in [4.69, 9.17) is 16.3 Å². The maximum Gasteiger partial charge on any atom is 0.0948 e. The molecule has 4 heteroatoms. The van der Waals surface area contributed by atoms with Gasteiger partial charge < -0.3 is 9.84 Å². The van der Waals surface area contributed by atoms with Gasteiger partial charge in [-0.25, -0.2) is 0 Å². The van der Waals surface area contributed by atoms with Crippen LogP contribution >= 0.6 is 27.5 Å². The smallest absolute Gasteiger partial charge is 0.0948 e. The van der Waals surface area contributed by atoms with Crippen LogP contribution in [0, 0.1) is 0 Å². The highest BCUT2D eigenvalue weighted by Gasteiger charge is 2.39. The number of aliphatic hydroxyl groups is 1. The third kappa shape index (κ3) is 3.08. The van der Waals surface area contributed by atoms with E-state index in [1.54, 1.807) is 7.11 Å². The fourth-order valence-electron chi connectivity index (χ4n) is 2.72. The monoisotopic (exact) mass is 332 g/mol. The fraction of sp³-hybridized carbons (Fsp3) is 0.571. The third-order valence-electron chi connectivity index (χ3n) is 3.72. The summed E-state index contributed by atoms with van der Waals surface area (Å²) >= 11 is 9.61. The van der Waals surface area contributed by atoms with Crippen LogP contribution in [0.2, 0.25) is 5.02 Å². The maximum atomic E-state index is 10.8. The van der Waals surface area contributed by atoms with Crippen LogP contribution in [0.15, 0.2) is 22.7 Å². The van der Waals surface area contributed by atoms with E-state index >= 15 is 0 Å². The van der Waals surface area contributed by atoms with Gasteiger partial charge in [0.15, 0.2) is 0 Å². The molecular formula is C14H18BrClO2. The first kappa shape index (κ1) is 14.3. The van der Waals surface area contributed by atoms with Gasteiger partial charge in [-0.3, -0.25) is 0 Å². The van der Waals surface area contributed by atoms with Crippen molar-refractivity contribution in [2.24, 2.45) is 0 Å². The second-order valence-electron chi connectivity index (χ2n) is 4.99. The van der Waals surface area contributed by atoms with E-state index in [9.17, 15) is 5.11 Å². The van der Waals surface area contributed by atoms with Gasteiger partial charge >= 0.3 is 0 Å². The van der Waals surface area contributed by atoms with Crippen molar-refractivity contribution in [1.82, 2.24) is 0 Å². The molecule has 0 spiro atoms. The maximum absolute atomic E-state index is 10.8. The van der Waals surface area contributed by atoms with Gasteiger partial charge in [0, 0.05) is 23.0 Å². The molecule has 2 nitrogen and oxygen atoms in total. The number of benzene rings is 1. The molecular weight excluding hydrogens is 316 g/mol. The molecule has 1 aromatic carbocycles. The number of hydrogen-bond donors (Lipinski definition) is 1.